The number of carboxylic acids is 2. The van der Waals surface area contributed by atoms with Crippen molar-refractivity contribution in [3.63, 3.8) is 0 Å². The lowest BCUT2D eigenvalue weighted by Gasteiger charge is -2.35. The van der Waals surface area contributed by atoms with Crippen LogP contribution in [0.2, 0.25) is 0 Å². The van der Waals surface area contributed by atoms with Gasteiger partial charge in [0, 0.05) is 13.5 Å². The van der Waals surface area contributed by atoms with Crippen LogP contribution in [0.4, 0.5) is 5.69 Å². The van der Waals surface area contributed by atoms with E-state index in [2.05, 4.69) is 10.3 Å². The predicted molar refractivity (Wildman–Crippen MR) is 129 cm³/mol. The molecule has 1 aromatic rings. The minimum atomic E-state index is -1.44. The smallest absolute Gasteiger partial charge is 0.327 e. The third-order valence-electron chi connectivity index (χ3n) is 4.77. The number of unbranched alkanes of at least 4 members (excludes halogenated alkanes) is 1. The van der Waals surface area contributed by atoms with E-state index < -0.39 is 48.2 Å². The van der Waals surface area contributed by atoms with Crippen LogP contribution in [0, 0.1) is 5.92 Å². The molecule has 1 aromatic carbocycles. The molecule has 0 aliphatic heterocycles. The second-order valence-electron chi connectivity index (χ2n) is 8.00. The molecule has 7 N–H and O–H groups in total. The van der Waals surface area contributed by atoms with Crippen LogP contribution in [0.25, 0.3) is 6.08 Å². The SMILES string of the molecule is CC(=O)N[C@@H](CC(=O)O)C(=O)N(c1ccccc1C=CCCCN=C(N)N)[C@H](C(=O)O)C(C)C. The number of anilines is 1. The van der Waals surface area contributed by atoms with Crippen LogP contribution in [0.15, 0.2) is 35.3 Å². The molecule has 0 fully saturated rings. The third kappa shape index (κ3) is 8.93. The number of aliphatic imine (C=N–C) groups is 1. The fraction of sp³-hybridized carbons (Fsp3) is 0.435. The summed E-state index contributed by atoms with van der Waals surface area (Å²) in [4.78, 5) is 53.7. The van der Waals surface area contributed by atoms with Gasteiger partial charge in [0.25, 0.3) is 5.91 Å². The number of carboxylic acid groups (broad SMARTS) is 2. The normalized spacial score (nSPS) is 12.7. The van der Waals surface area contributed by atoms with Crippen molar-refractivity contribution in [1.82, 2.24) is 5.32 Å². The average molecular weight is 476 g/mol. The van der Waals surface area contributed by atoms with Crippen molar-refractivity contribution in [2.45, 2.75) is 52.1 Å². The molecule has 11 nitrogen and oxygen atoms in total. The zero-order valence-electron chi connectivity index (χ0n) is 19.6. The van der Waals surface area contributed by atoms with Gasteiger partial charge >= 0.3 is 11.9 Å². The number of carbonyl (C=O) groups excluding carboxylic acids is 2. The van der Waals surface area contributed by atoms with E-state index in [4.69, 9.17) is 11.5 Å². The number of hydrogen-bond acceptors (Lipinski definition) is 5. The van der Waals surface area contributed by atoms with Crippen molar-refractivity contribution in [1.29, 1.82) is 0 Å². The Morgan fingerprint density at radius 2 is 1.79 bits per heavy atom. The first-order valence-electron chi connectivity index (χ1n) is 10.8. The molecule has 2 amide bonds. The summed E-state index contributed by atoms with van der Waals surface area (Å²) in [5, 5.41) is 21.5. The number of allylic oxidation sites excluding steroid dienone is 1. The first-order chi connectivity index (χ1) is 16.0. The summed E-state index contributed by atoms with van der Waals surface area (Å²) in [6.07, 6.45) is 4.19. The maximum atomic E-state index is 13.5. The number of aliphatic carboxylic acids is 2. The van der Waals surface area contributed by atoms with Gasteiger partial charge in [-0.2, -0.15) is 0 Å². The molecule has 11 heteroatoms. The number of nitrogens with one attached hydrogen (secondary N) is 1. The molecule has 0 saturated heterocycles. The van der Waals surface area contributed by atoms with Gasteiger partial charge in [-0.15, -0.1) is 0 Å². The standard InChI is InChI=1S/C23H33N5O6/c1-14(2)20(22(33)34)28(21(32)17(13-19(30)31)27-15(3)29)18-11-7-6-10-16(18)9-5-4-8-12-26-23(24)25/h5-7,9-11,14,17,20H,4,8,12-13H2,1-3H3,(H,27,29)(H,30,31)(H,33,34)(H4,24,25,26)/t17-,20-/m0/s1. The molecule has 0 radical (unpaired) electrons. The van der Waals surface area contributed by atoms with E-state index in [1.165, 1.54) is 0 Å². The Morgan fingerprint density at radius 1 is 1.15 bits per heavy atom. The van der Waals surface area contributed by atoms with E-state index in [1.54, 1.807) is 44.2 Å². The van der Waals surface area contributed by atoms with Gasteiger partial charge in [0.1, 0.15) is 12.1 Å². The van der Waals surface area contributed by atoms with E-state index in [9.17, 15) is 29.4 Å². The van der Waals surface area contributed by atoms with Crippen molar-refractivity contribution >= 4 is 41.5 Å². The highest BCUT2D eigenvalue weighted by Crippen LogP contribution is 2.28. The summed E-state index contributed by atoms with van der Waals surface area (Å²) in [6, 6.07) is 3.95. The molecule has 0 aliphatic rings. The lowest BCUT2D eigenvalue weighted by atomic mass is 9.98. The molecule has 0 bridgehead atoms. The molecule has 34 heavy (non-hydrogen) atoms. The minimum absolute atomic E-state index is 0.00645. The number of guanidine groups is 1. The van der Waals surface area contributed by atoms with Crippen LogP contribution in [-0.4, -0.2) is 58.6 Å². The monoisotopic (exact) mass is 475 g/mol. The molecule has 1 rings (SSSR count). The third-order valence-corrected chi connectivity index (χ3v) is 4.77. The average Bonchev–Trinajstić information content (AvgIpc) is 2.72. The molecule has 0 aliphatic carbocycles. The fourth-order valence-electron chi connectivity index (χ4n) is 3.36. The fourth-order valence-corrected chi connectivity index (χ4v) is 3.36. The van der Waals surface area contributed by atoms with Gasteiger partial charge in [-0.25, -0.2) is 4.79 Å². The molecule has 0 saturated carbocycles. The highest BCUT2D eigenvalue weighted by Gasteiger charge is 2.38. The molecule has 186 valence electrons. The summed E-state index contributed by atoms with van der Waals surface area (Å²) in [5.74, 6) is -4.50. The van der Waals surface area contributed by atoms with Crippen LogP contribution in [-0.2, 0) is 19.2 Å². The van der Waals surface area contributed by atoms with Crippen molar-refractivity contribution in [3.05, 3.63) is 35.9 Å². The van der Waals surface area contributed by atoms with E-state index in [0.717, 1.165) is 11.8 Å². The number of carbonyl (C=O) groups is 4. The molecule has 0 unspecified atom stereocenters. The maximum Gasteiger partial charge on any atom is 0.327 e. The van der Waals surface area contributed by atoms with E-state index >= 15 is 0 Å². The van der Waals surface area contributed by atoms with Gasteiger partial charge in [-0.3, -0.25) is 24.3 Å². The lowest BCUT2D eigenvalue weighted by molar-refractivity contribution is -0.142. The summed E-state index contributed by atoms with van der Waals surface area (Å²) < 4.78 is 0. The Labute approximate surface area is 198 Å². The van der Waals surface area contributed by atoms with E-state index in [0.29, 0.717) is 24.9 Å². The Balaban J connectivity index is 3.45. The van der Waals surface area contributed by atoms with Gasteiger partial charge in [0.15, 0.2) is 5.96 Å². The van der Waals surface area contributed by atoms with E-state index in [-0.39, 0.29) is 11.6 Å². The molecule has 0 spiro atoms. The Morgan fingerprint density at radius 3 is 2.32 bits per heavy atom. The topological polar surface area (TPSA) is 188 Å². The second-order valence-corrected chi connectivity index (χ2v) is 8.00. The zero-order valence-corrected chi connectivity index (χ0v) is 19.6. The zero-order chi connectivity index (χ0) is 25.8. The minimum Gasteiger partial charge on any atom is -0.481 e. The number of hydrogen-bond donors (Lipinski definition) is 5. The summed E-state index contributed by atoms with van der Waals surface area (Å²) in [6.45, 7) is 4.89. The number of para-hydroxylation sites is 1. The summed E-state index contributed by atoms with van der Waals surface area (Å²) >= 11 is 0. The maximum absolute atomic E-state index is 13.5. The largest absolute Gasteiger partial charge is 0.481 e. The Hall–Kier alpha value is -3.89. The highest BCUT2D eigenvalue weighted by molar-refractivity contribution is 6.05. The van der Waals surface area contributed by atoms with Gasteiger partial charge in [-0.05, 0) is 30.4 Å². The summed E-state index contributed by atoms with van der Waals surface area (Å²) in [7, 11) is 0. The van der Waals surface area contributed by atoms with Crippen molar-refractivity contribution in [2.24, 2.45) is 22.4 Å². The van der Waals surface area contributed by atoms with Gasteiger partial charge < -0.3 is 27.0 Å². The number of amides is 2. The predicted octanol–water partition coefficient (Wildman–Crippen LogP) is 1.18. The lowest BCUT2D eigenvalue weighted by Crippen LogP contribution is -2.56. The number of benzene rings is 1. The van der Waals surface area contributed by atoms with Crippen molar-refractivity contribution in [3.8, 4) is 0 Å². The Bertz CT molecular complexity index is 924. The van der Waals surface area contributed by atoms with Crippen LogP contribution < -0.4 is 21.7 Å². The Kier molecular flexibility index (Phi) is 11.3. The van der Waals surface area contributed by atoms with Crippen LogP contribution >= 0.6 is 0 Å². The van der Waals surface area contributed by atoms with Crippen LogP contribution in [0.5, 0.6) is 0 Å². The quantitative estimate of drug-likeness (QED) is 0.160. The molecule has 2 atom stereocenters. The molecular weight excluding hydrogens is 442 g/mol. The van der Waals surface area contributed by atoms with Gasteiger partial charge in [0.2, 0.25) is 5.91 Å². The second kappa shape index (κ2) is 13.6. The number of nitrogens with two attached hydrogens (primary N) is 2. The van der Waals surface area contributed by atoms with Crippen molar-refractivity contribution in [2.75, 3.05) is 11.4 Å². The first kappa shape index (κ1) is 28.1. The van der Waals surface area contributed by atoms with Crippen molar-refractivity contribution < 1.29 is 29.4 Å². The molecular formula is C23H33N5O6. The van der Waals surface area contributed by atoms with Crippen LogP contribution in [0.1, 0.15) is 45.6 Å². The molecule has 0 heterocycles. The van der Waals surface area contributed by atoms with E-state index in [1.807, 2.05) is 6.08 Å². The van der Waals surface area contributed by atoms with Gasteiger partial charge in [-0.1, -0.05) is 44.2 Å². The summed E-state index contributed by atoms with van der Waals surface area (Å²) in [5.41, 5.74) is 11.4. The highest BCUT2D eigenvalue weighted by atomic mass is 16.4. The van der Waals surface area contributed by atoms with Gasteiger partial charge in [0.05, 0.1) is 12.1 Å². The van der Waals surface area contributed by atoms with Crippen LogP contribution in [0.3, 0.4) is 0 Å². The number of nitrogens with zero attached hydrogens (tertiary/aromatic N) is 2. The molecule has 0 aromatic heterocycles. The number of rotatable bonds is 13. The first-order valence-corrected chi connectivity index (χ1v) is 10.8.